The van der Waals surface area contributed by atoms with Gasteiger partial charge in [-0.25, -0.2) is 14.6 Å². The minimum absolute atomic E-state index is 0.102. The van der Waals surface area contributed by atoms with Gasteiger partial charge in [-0.3, -0.25) is 15.0 Å². The summed E-state index contributed by atoms with van der Waals surface area (Å²) in [6.45, 7) is 11.9. The van der Waals surface area contributed by atoms with Crippen LogP contribution in [0.25, 0.3) is 0 Å². The molecule has 2 rings (SSSR count). The largest absolute Gasteiger partial charge is 0.493 e. The summed E-state index contributed by atoms with van der Waals surface area (Å²) in [7, 11) is 2.43. The molecule has 0 aliphatic rings. The molecule has 0 saturated heterocycles. The Kier molecular flexibility index (Phi) is 16.7. The average molecular weight is 672 g/mol. The molecule has 5 N–H and O–H groups in total. The second-order valence-corrected chi connectivity index (χ2v) is 12.8. The Bertz CT molecular complexity index is 1290. The summed E-state index contributed by atoms with van der Waals surface area (Å²) < 4.78 is 15.2. The van der Waals surface area contributed by atoms with E-state index in [0.29, 0.717) is 18.3 Å². The fraction of sp³-hybridized carbons (Fsp3) is 0.543. The van der Waals surface area contributed by atoms with E-state index in [9.17, 15) is 24.3 Å². The quantitative estimate of drug-likeness (QED) is 0.149. The van der Waals surface area contributed by atoms with E-state index < -0.39 is 48.2 Å². The highest BCUT2D eigenvalue weighted by molar-refractivity contribution is 5.86. The van der Waals surface area contributed by atoms with Gasteiger partial charge >= 0.3 is 12.2 Å². The summed E-state index contributed by atoms with van der Waals surface area (Å²) in [6.07, 6.45) is -2.43. The van der Waals surface area contributed by atoms with Crippen molar-refractivity contribution in [2.75, 3.05) is 27.4 Å². The standard InChI is InChI=1S/C35H53N5O8/c1-22(2)21-48-27-16-14-26(15-17-27)19-40(39-33(43)31(24(5)6)38-35(45)47-8)20-29(41)28(18-25-12-10-9-11-13-25)36-32(42)30(23(3)4)37-34(44)46-7/h9-17,22-24,28-31,41H,18-21H2,1-8H3,(H,36,42)(H,37,44)(H,38,45)(H,39,43)/t28?,29?,30-,31-/m0/s1. The molecule has 0 radical (unpaired) electrons. The zero-order chi connectivity index (χ0) is 35.8. The number of nitrogens with one attached hydrogen (secondary N) is 4. The van der Waals surface area contributed by atoms with Crippen molar-refractivity contribution in [2.24, 2.45) is 17.8 Å². The van der Waals surface area contributed by atoms with Crippen molar-refractivity contribution in [1.82, 2.24) is 26.4 Å². The highest BCUT2D eigenvalue weighted by Crippen LogP contribution is 2.16. The van der Waals surface area contributed by atoms with Gasteiger partial charge in [0.15, 0.2) is 0 Å². The lowest BCUT2D eigenvalue weighted by atomic mass is 9.98. The van der Waals surface area contributed by atoms with Gasteiger partial charge in [-0.2, -0.15) is 0 Å². The van der Waals surface area contributed by atoms with E-state index in [1.54, 1.807) is 32.7 Å². The van der Waals surface area contributed by atoms with E-state index in [0.717, 1.165) is 11.1 Å². The van der Waals surface area contributed by atoms with Crippen LogP contribution in [0.1, 0.15) is 52.7 Å². The maximum absolute atomic E-state index is 13.5. The van der Waals surface area contributed by atoms with Crippen LogP contribution in [0.2, 0.25) is 0 Å². The zero-order valence-electron chi connectivity index (χ0n) is 29.3. The van der Waals surface area contributed by atoms with E-state index in [1.807, 2.05) is 54.6 Å². The van der Waals surface area contributed by atoms with Crippen LogP contribution in [0.3, 0.4) is 0 Å². The maximum Gasteiger partial charge on any atom is 0.407 e. The lowest BCUT2D eigenvalue weighted by molar-refractivity contribution is -0.131. The summed E-state index contributed by atoms with van der Waals surface area (Å²) in [6, 6.07) is 14.1. The first-order chi connectivity index (χ1) is 22.7. The molecule has 0 aromatic heterocycles. The number of carbonyl (C=O) groups is 4. The average Bonchev–Trinajstić information content (AvgIpc) is 3.04. The van der Waals surface area contributed by atoms with Gasteiger partial charge < -0.3 is 35.3 Å². The van der Waals surface area contributed by atoms with Crippen LogP contribution < -0.4 is 26.1 Å². The molecule has 4 amide bonds. The molecule has 2 aromatic rings. The van der Waals surface area contributed by atoms with E-state index in [1.165, 1.54) is 14.2 Å². The number of amides is 4. The number of rotatable bonds is 18. The van der Waals surface area contributed by atoms with Crippen molar-refractivity contribution in [3.8, 4) is 5.75 Å². The zero-order valence-corrected chi connectivity index (χ0v) is 29.3. The van der Waals surface area contributed by atoms with Crippen molar-refractivity contribution in [1.29, 1.82) is 0 Å². The summed E-state index contributed by atoms with van der Waals surface area (Å²) >= 11 is 0. The number of hydrogen-bond acceptors (Lipinski definition) is 9. The summed E-state index contributed by atoms with van der Waals surface area (Å²) in [5.41, 5.74) is 4.53. The van der Waals surface area contributed by atoms with Gasteiger partial charge in [0.2, 0.25) is 5.91 Å². The molecule has 2 aromatic carbocycles. The first-order valence-corrected chi connectivity index (χ1v) is 16.2. The molecule has 0 aliphatic carbocycles. The van der Waals surface area contributed by atoms with E-state index in [-0.39, 0.29) is 31.3 Å². The number of ether oxygens (including phenoxy) is 3. The topological polar surface area (TPSA) is 168 Å². The van der Waals surface area contributed by atoms with Gasteiger partial charge in [-0.15, -0.1) is 0 Å². The first kappa shape index (κ1) is 39.8. The third-order valence-corrected chi connectivity index (χ3v) is 7.46. The number of nitrogens with zero attached hydrogens (tertiary/aromatic N) is 1. The summed E-state index contributed by atoms with van der Waals surface area (Å²) in [5, 5.41) is 21.3. The molecule has 0 aliphatic heterocycles. The fourth-order valence-corrected chi connectivity index (χ4v) is 4.77. The molecule has 0 saturated carbocycles. The molecule has 2 unspecified atom stereocenters. The highest BCUT2D eigenvalue weighted by atomic mass is 16.5. The number of hydrazine groups is 1. The minimum Gasteiger partial charge on any atom is -0.493 e. The van der Waals surface area contributed by atoms with Crippen LogP contribution in [-0.2, 0) is 32.0 Å². The Balaban J connectivity index is 2.39. The van der Waals surface area contributed by atoms with E-state index in [4.69, 9.17) is 14.2 Å². The first-order valence-electron chi connectivity index (χ1n) is 16.2. The van der Waals surface area contributed by atoms with Crippen molar-refractivity contribution in [3.05, 3.63) is 65.7 Å². The molecule has 0 spiro atoms. The highest BCUT2D eigenvalue weighted by Gasteiger charge is 2.32. The van der Waals surface area contributed by atoms with Crippen LogP contribution in [0.5, 0.6) is 5.75 Å². The molecule has 0 bridgehead atoms. The second-order valence-electron chi connectivity index (χ2n) is 12.8. The van der Waals surface area contributed by atoms with Crippen molar-refractivity contribution >= 4 is 24.0 Å². The van der Waals surface area contributed by atoms with Crippen LogP contribution in [0.4, 0.5) is 9.59 Å². The number of hydrogen-bond donors (Lipinski definition) is 5. The number of carbonyl (C=O) groups excluding carboxylic acids is 4. The number of benzene rings is 2. The minimum atomic E-state index is -1.19. The van der Waals surface area contributed by atoms with Crippen molar-refractivity contribution in [3.63, 3.8) is 0 Å². The van der Waals surface area contributed by atoms with E-state index in [2.05, 4.69) is 35.2 Å². The molecule has 13 heteroatoms. The molecule has 0 fully saturated rings. The van der Waals surface area contributed by atoms with Crippen LogP contribution in [-0.4, -0.2) is 85.7 Å². The SMILES string of the molecule is COC(=O)N[C@H](C(=O)NC(Cc1ccccc1)C(O)CN(Cc1ccc(OCC(C)C)cc1)NC(=O)[C@@H](NC(=O)OC)C(C)C)C(C)C. The van der Waals surface area contributed by atoms with Crippen molar-refractivity contribution < 1.29 is 38.5 Å². The maximum atomic E-state index is 13.5. The molecular formula is C35H53N5O8. The van der Waals surface area contributed by atoms with Crippen LogP contribution >= 0.6 is 0 Å². The Morgan fingerprint density at radius 2 is 1.27 bits per heavy atom. The number of alkyl carbamates (subject to hydrolysis) is 2. The summed E-state index contributed by atoms with van der Waals surface area (Å²) in [5.74, 6) is -0.502. The Morgan fingerprint density at radius 1 is 0.729 bits per heavy atom. The molecular weight excluding hydrogens is 618 g/mol. The molecule has 48 heavy (non-hydrogen) atoms. The molecule has 13 nitrogen and oxygen atoms in total. The third kappa shape index (κ3) is 13.8. The van der Waals surface area contributed by atoms with Gasteiger partial charge in [0.05, 0.1) is 33.0 Å². The van der Waals surface area contributed by atoms with Crippen LogP contribution in [0.15, 0.2) is 54.6 Å². The number of aliphatic hydroxyl groups is 1. The molecule has 266 valence electrons. The van der Waals surface area contributed by atoms with E-state index >= 15 is 0 Å². The Labute approximate surface area is 284 Å². The number of aliphatic hydroxyl groups excluding tert-OH is 1. The fourth-order valence-electron chi connectivity index (χ4n) is 4.77. The van der Waals surface area contributed by atoms with Gasteiger partial charge in [0, 0.05) is 13.1 Å². The van der Waals surface area contributed by atoms with Gasteiger partial charge in [0.1, 0.15) is 17.8 Å². The third-order valence-electron chi connectivity index (χ3n) is 7.46. The molecule has 4 atom stereocenters. The van der Waals surface area contributed by atoms with Crippen LogP contribution in [0, 0.1) is 17.8 Å². The summed E-state index contributed by atoms with van der Waals surface area (Å²) in [4.78, 5) is 51.0. The van der Waals surface area contributed by atoms with Gasteiger partial charge in [0.25, 0.3) is 5.91 Å². The Morgan fingerprint density at radius 3 is 1.77 bits per heavy atom. The number of methoxy groups -OCH3 is 2. The van der Waals surface area contributed by atoms with Gasteiger partial charge in [-0.1, -0.05) is 84.0 Å². The lowest BCUT2D eigenvalue weighted by Gasteiger charge is -2.33. The van der Waals surface area contributed by atoms with Gasteiger partial charge in [-0.05, 0) is 47.4 Å². The lowest BCUT2D eigenvalue weighted by Crippen LogP contribution is -2.59. The monoisotopic (exact) mass is 671 g/mol. The smallest absolute Gasteiger partial charge is 0.407 e. The predicted molar refractivity (Wildman–Crippen MR) is 182 cm³/mol. The Hall–Kier alpha value is -4.36. The second kappa shape index (κ2) is 20.1. The normalized spacial score (nSPS) is 13.8. The van der Waals surface area contributed by atoms with Crippen molar-refractivity contribution in [2.45, 2.75) is 78.7 Å². The molecule has 0 heterocycles. The predicted octanol–water partition coefficient (Wildman–Crippen LogP) is 3.40.